The molecule has 0 aromatic carbocycles. The lowest BCUT2D eigenvalue weighted by Crippen LogP contribution is -2.42. The summed E-state index contributed by atoms with van der Waals surface area (Å²) >= 11 is 0. The number of hydrogen-bond acceptors (Lipinski definition) is 6. The van der Waals surface area contributed by atoms with E-state index in [2.05, 4.69) is 9.97 Å². The molecule has 1 unspecified atom stereocenters. The predicted octanol–water partition coefficient (Wildman–Crippen LogP) is -0.475. The standard InChI is InChI=1S/C10H12N4O4/c1-5-3-13-7(4-12-5)9(16)18-6(2)8(15)14-10(11)17/h3-4,6H,1-2H3,(H3,11,14,15,17). The van der Waals surface area contributed by atoms with Crippen molar-refractivity contribution in [2.75, 3.05) is 0 Å². The monoisotopic (exact) mass is 252 g/mol. The molecule has 0 saturated carbocycles. The number of esters is 1. The van der Waals surface area contributed by atoms with Crippen molar-refractivity contribution in [2.24, 2.45) is 5.73 Å². The van der Waals surface area contributed by atoms with Crippen molar-refractivity contribution in [3.63, 3.8) is 0 Å². The van der Waals surface area contributed by atoms with Crippen molar-refractivity contribution >= 4 is 17.9 Å². The van der Waals surface area contributed by atoms with Gasteiger partial charge in [0.15, 0.2) is 11.8 Å². The molecular weight excluding hydrogens is 240 g/mol. The number of ether oxygens (including phenoxy) is 1. The van der Waals surface area contributed by atoms with E-state index in [-0.39, 0.29) is 5.69 Å². The molecule has 3 amide bonds. The van der Waals surface area contributed by atoms with Gasteiger partial charge in [-0.15, -0.1) is 0 Å². The molecule has 1 atom stereocenters. The van der Waals surface area contributed by atoms with E-state index >= 15 is 0 Å². The minimum Gasteiger partial charge on any atom is -0.448 e. The molecule has 0 aliphatic heterocycles. The molecule has 0 radical (unpaired) electrons. The number of carbonyl (C=O) groups excluding carboxylic acids is 3. The van der Waals surface area contributed by atoms with Crippen LogP contribution in [-0.2, 0) is 9.53 Å². The first-order chi connectivity index (χ1) is 8.40. The third-order valence-corrected chi connectivity index (χ3v) is 1.89. The number of nitrogens with one attached hydrogen (secondary N) is 1. The lowest BCUT2D eigenvalue weighted by atomic mass is 10.3. The highest BCUT2D eigenvalue weighted by molar-refractivity contribution is 5.97. The fourth-order valence-corrected chi connectivity index (χ4v) is 0.996. The van der Waals surface area contributed by atoms with Crippen molar-refractivity contribution in [1.29, 1.82) is 0 Å². The Balaban J connectivity index is 2.62. The Morgan fingerprint density at radius 3 is 2.50 bits per heavy atom. The summed E-state index contributed by atoms with van der Waals surface area (Å²) in [7, 11) is 0. The molecule has 1 heterocycles. The predicted molar refractivity (Wildman–Crippen MR) is 59.4 cm³/mol. The van der Waals surface area contributed by atoms with E-state index in [1.165, 1.54) is 19.3 Å². The number of nitrogens with zero attached hydrogens (tertiary/aromatic N) is 2. The van der Waals surface area contributed by atoms with Gasteiger partial charge < -0.3 is 10.5 Å². The number of urea groups is 1. The highest BCUT2D eigenvalue weighted by Crippen LogP contribution is 2.00. The smallest absolute Gasteiger partial charge is 0.359 e. The second kappa shape index (κ2) is 5.71. The number of aromatic nitrogens is 2. The molecule has 0 spiro atoms. The molecule has 0 fully saturated rings. The second-order valence-electron chi connectivity index (χ2n) is 3.44. The van der Waals surface area contributed by atoms with Crippen LogP contribution >= 0.6 is 0 Å². The second-order valence-corrected chi connectivity index (χ2v) is 3.44. The zero-order valence-corrected chi connectivity index (χ0v) is 9.84. The first kappa shape index (κ1) is 13.6. The first-order valence-electron chi connectivity index (χ1n) is 5.00. The van der Waals surface area contributed by atoms with Gasteiger partial charge in [0.2, 0.25) is 0 Å². The summed E-state index contributed by atoms with van der Waals surface area (Å²) < 4.78 is 4.78. The number of hydrogen-bond donors (Lipinski definition) is 2. The quantitative estimate of drug-likeness (QED) is 0.700. The molecule has 18 heavy (non-hydrogen) atoms. The third-order valence-electron chi connectivity index (χ3n) is 1.89. The van der Waals surface area contributed by atoms with Crippen LogP contribution in [0.2, 0.25) is 0 Å². The van der Waals surface area contributed by atoms with Crippen molar-refractivity contribution in [3.05, 3.63) is 23.8 Å². The summed E-state index contributed by atoms with van der Waals surface area (Å²) in [5.74, 6) is -1.62. The normalized spacial score (nSPS) is 11.4. The number of rotatable bonds is 3. The highest BCUT2D eigenvalue weighted by atomic mass is 16.5. The summed E-state index contributed by atoms with van der Waals surface area (Å²) in [5.41, 5.74) is 5.37. The van der Waals surface area contributed by atoms with Crippen molar-refractivity contribution < 1.29 is 19.1 Å². The van der Waals surface area contributed by atoms with Gasteiger partial charge in [0.05, 0.1) is 11.9 Å². The Bertz CT molecular complexity index is 471. The minimum absolute atomic E-state index is 0.0284. The Kier molecular flexibility index (Phi) is 4.30. The lowest BCUT2D eigenvalue weighted by Gasteiger charge is -2.11. The van der Waals surface area contributed by atoms with Crippen LogP contribution in [0.4, 0.5) is 4.79 Å². The summed E-state index contributed by atoms with van der Waals surface area (Å²) in [6, 6.07) is -1.02. The van der Waals surface area contributed by atoms with Gasteiger partial charge in [-0.2, -0.15) is 0 Å². The summed E-state index contributed by atoms with van der Waals surface area (Å²) in [5, 5.41) is 1.80. The van der Waals surface area contributed by atoms with Crippen LogP contribution in [0.15, 0.2) is 12.4 Å². The van der Waals surface area contributed by atoms with E-state index in [9.17, 15) is 14.4 Å². The molecule has 0 aliphatic rings. The van der Waals surface area contributed by atoms with Gasteiger partial charge in [-0.3, -0.25) is 15.1 Å². The maximum Gasteiger partial charge on any atom is 0.359 e. The van der Waals surface area contributed by atoms with Crippen LogP contribution in [-0.4, -0.2) is 34.0 Å². The number of amides is 3. The van der Waals surface area contributed by atoms with Gasteiger partial charge in [0.1, 0.15) is 0 Å². The van der Waals surface area contributed by atoms with Crippen LogP contribution < -0.4 is 11.1 Å². The molecule has 1 aromatic rings. The zero-order chi connectivity index (χ0) is 13.7. The van der Waals surface area contributed by atoms with Crippen LogP contribution in [0.5, 0.6) is 0 Å². The van der Waals surface area contributed by atoms with Crippen molar-refractivity contribution in [3.8, 4) is 0 Å². The Morgan fingerprint density at radius 2 is 2.00 bits per heavy atom. The van der Waals surface area contributed by atoms with Crippen LogP contribution in [0, 0.1) is 6.92 Å². The largest absolute Gasteiger partial charge is 0.448 e. The Hall–Kier alpha value is -2.51. The summed E-state index contributed by atoms with van der Waals surface area (Å²) in [4.78, 5) is 40.9. The lowest BCUT2D eigenvalue weighted by molar-refractivity contribution is -0.127. The molecule has 0 saturated heterocycles. The molecule has 1 aromatic heterocycles. The number of carbonyl (C=O) groups is 3. The van der Waals surface area contributed by atoms with E-state index in [1.807, 2.05) is 0 Å². The fourth-order valence-electron chi connectivity index (χ4n) is 0.996. The number of nitrogens with two attached hydrogens (primary N) is 1. The first-order valence-corrected chi connectivity index (χ1v) is 5.00. The number of imide groups is 1. The van der Waals surface area contributed by atoms with Gasteiger partial charge in [-0.1, -0.05) is 0 Å². The Morgan fingerprint density at radius 1 is 1.33 bits per heavy atom. The Labute approximate surface area is 103 Å². The minimum atomic E-state index is -1.16. The van der Waals surface area contributed by atoms with Crippen LogP contribution in [0.1, 0.15) is 23.1 Å². The van der Waals surface area contributed by atoms with Gasteiger partial charge in [-0.05, 0) is 13.8 Å². The topological polar surface area (TPSA) is 124 Å². The average molecular weight is 252 g/mol. The van der Waals surface area contributed by atoms with E-state index < -0.39 is 24.0 Å². The SMILES string of the molecule is Cc1cnc(C(=O)OC(C)C(=O)NC(N)=O)cn1. The number of aryl methyl sites for hydroxylation is 1. The summed E-state index contributed by atoms with van der Waals surface area (Å²) in [6.45, 7) is 3.02. The van der Waals surface area contributed by atoms with E-state index in [4.69, 9.17) is 10.5 Å². The molecule has 96 valence electrons. The van der Waals surface area contributed by atoms with Crippen molar-refractivity contribution in [2.45, 2.75) is 20.0 Å². The van der Waals surface area contributed by atoms with Gasteiger partial charge in [0.25, 0.3) is 5.91 Å². The van der Waals surface area contributed by atoms with E-state index in [1.54, 1.807) is 12.2 Å². The van der Waals surface area contributed by atoms with Gasteiger partial charge >= 0.3 is 12.0 Å². The molecule has 1 rings (SSSR count). The molecular formula is C10H12N4O4. The number of primary amides is 1. The highest BCUT2D eigenvalue weighted by Gasteiger charge is 2.20. The maximum absolute atomic E-state index is 11.5. The van der Waals surface area contributed by atoms with E-state index in [0.29, 0.717) is 5.69 Å². The third kappa shape index (κ3) is 3.81. The van der Waals surface area contributed by atoms with Crippen LogP contribution in [0.3, 0.4) is 0 Å². The van der Waals surface area contributed by atoms with E-state index in [0.717, 1.165) is 0 Å². The molecule has 0 aliphatic carbocycles. The van der Waals surface area contributed by atoms with Gasteiger partial charge in [-0.25, -0.2) is 14.6 Å². The maximum atomic E-state index is 11.5. The van der Waals surface area contributed by atoms with Crippen LogP contribution in [0.25, 0.3) is 0 Å². The molecule has 8 heteroatoms. The molecule has 0 bridgehead atoms. The van der Waals surface area contributed by atoms with Crippen molar-refractivity contribution in [1.82, 2.24) is 15.3 Å². The molecule has 3 N–H and O–H groups in total. The van der Waals surface area contributed by atoms with Gasteiger partial charge in [0, 0.05) is 6.20 Å². The fraction of sp³-hybridized carbons (Fsp3) is 0.300. The average Bonchev–Trinajstić information content (AvgIpc) is 2.28. The summed E-state index contributed by atoms with van der Waals surface area (Å²) in [6.07, 6.45) is 1.47. The zero-order valence-electron chi connectivity index (χ0n) is 9.84. The molecule has 8 nitrogen and oxygen atoms in total.